The topological polar surface area (TPSA) is 78.9 Å². The summed E-state index contributed by atoms with van der Waals surface area (Å²) in [7, 11) is 0. The summed E-state index contributed by atoms with van der Waals surface area (Å²) in [6.07, 6.45) is 68.5. The van der Waals surface area contributed by atoms with E-state index in [-0.39, 0.29) is 31.1 Å². The molecule has 1 atom stereocenters. The van der Waals surface area contributed by atoms with Gasteiger partial charge in [-0.3, -0.25) is 14.4 Å². The van der Waals surface area contributed by atoms with Crippen LogP contribution in [0.3, 0.4) is 0 Å². The van der Waals surface area contributed by atoms with Crippen molar-refractivity contribution in [1.82, 2.24) is 0 Å². The van der Waals surface area contributed by atoms with Crippen molar-refractivity contribution >= 4 is 17.9 Å². The van der Waals surface area contributed by atoms with Gasteiger partial charge < -0.3 is 14.2 Å². The van der Waals surface area contributed by atoms with E-state index in [1.165, 1.54) is 89.9 Å². The zero-order valence-electron chi connectivity index (χ0n) is 42.5. The van der Waals surface area contributed by atoms with Crippen LogP contribution in [0.1, 0.15) is 252 Å². The molecule has 65 heavy (non-hydrogen) atoms. The fourth-order valence-corrected chi connectivity index (χ4v) is 7.32. The van der Waals surface area contributed by atoms with Gasteiger partial charge in [0.25, 0.3) is 0 Å². The summed E-state index contributed by atoms with van der Waals surface area (Å²) in [4.78, 5) is 38.0. The number of hydrogen-bond donors (Lipinski definition) is 0. The van der Waals surface area contributed by atoms with Gasteiger partial charge in [-0.25, -0.2) is 0 Å². The normalized spacial score (nSPS) is 12.7. The molecule has 0 unspecified atom stereocenters. The maximum Gasteiger partial charge on any atom is 0.306 e. The quantitative estimate of drug-likeness (QED) is 0.0262. The van der Waals surface area contributed by atoms with E-state index in [1.54, 1.807) is 0 Å². The number of carbonyl (C=O) groups excluding carboxylic acids is 3. The summed E-state index contributed by atoms with van der Waals surface area (Å²) in [5.41, 5.74) is 0. The Hall–Kier alpha value is -3.41. The Morgan fingerprint density at radius 2 is 0.600 bits per heavy atom. The lowest BCUT2D eigenvalue weighted by atomic mass is 10.0. The Morgan fingerprint density at radius 3 is 0.985 bits per heavy atom. The zero-order valence-corrected chi connectivity index (χ0v) is 42.5. The van der Waals surface area contributed by atoms with Gasteiger partial charge in [0.2, 0.25) is 0 Å². The summed E-state index contributed by atoms with van der Waals surface area (Å²) in [5, 5.41) is 0. The van der Waals surface area contributed by atoms with Crippen molar-refractivity contribution in [2.24, 2.45) is 0 Å². The van der Waals surface area contributed by atoms with E-state index in [1.807, 2.05) is 0 Å². The lowest BCUT2D eigenvalue weighted by molar-refractivity contribution is -0.167. The number of esters is 3. The summed E-state index contributed by atoms with van der Waals surface area (Å²) >= 11 is 0. The highest BCUT2D eigenvalue weighted by atomic mass is 16.6. The molecule has 0 saturated heterocycles. The molecule has 6 nitrogen and oxygen atoms in total. The molecule has 0 spiro atoms. The minimum absolute atomic E-state index is 0.0916. The number of allylic oxidation sites excluding steroid dienone is 14. The smallest absolute Gasteiger partial charge is 0.306 e. The van der Waals surface area contributed by atoms with Crippen molar-refractivity contribution in [1.29, 1.82) is 0 Å². The van der Waals surface area contributed by atoms with E-state index in [4.69, 9.17) is 14.2 Å². The minimum atomic E-state index is -0.796. The Labute approximate surface area is 401 Å². The van der Waals surface area contributed by atoms with E-state index in [2.05, 4.69) is 106 Å². The molecule has 0 aromatic rings. The SMILES string of the molecule is CC/C=C/C/C=C/C/C=C/C/C=C/C/C=C/CCCCCC(=O)OC[C@@H](COC(=O)CCCCCCCCCCCCCCC)OC(=O)CCCCCCC/C=C/C/C=C/CCCCC. The maximum atomic E-state index is 12.8. The monoisotopic (exact) mass is 905 g/mol. The molecule has 0 bridgehead atoms. The summed E-state index contributed by atoms with van der Waals surface area (Å²) in [5.74, 6) is -0.936. The summed E-state index contributed by atoms with van der Waals surface area (Å²) in [6, 6.07) is 0. The van der Waals surface area contributed by atoms with Crippen LogP contribution in [-0.2, 0) is 28.6 Å². The molecule has 0 aromatic heterocycles. The van der Waals surface area contributed by atoms with Crippen LogP contribution < -0.4 is 0 Å². The van der Waals surface area contributed by atoms with Crippen LogP contribution in [0.5, 0.6) is 0 Å². The second-order valence-electron chi connectivity index (χ2n) is 17.8. The predicted octanol–water partition coefficient (Wildman–Crippen LogP) is 18.0. The van der Waals surface area contributed by atoms with E-state index >= 15 is 0 Å². The van der Waals surface area contributed by atoms with Crippen LogP contribution in [0.4, 0.5) is 0 Å². The Bertz CT molecular complexity index is 1270. The van der Waals surface area contributed by atoms with Crippen molar-refractivity contribution in [3.63, 3.8) is 0 Å². The molecule has 0 aliphatic heterocycles. The molecule has 0 aliphatic rings. The van der Waals surface area contributed by atoms with Crippen LogP contribution >= 0.6 is 0 Å². The van der Waals surface area contributed by atoms with Crippen molar-refractivity contribution < 1.29 is 28.6 Å². The van der Waals surface area contributed by atoms with E-state index in [9.17, 15) is 14.4 Å². The first-order chi connectivity index (χ1) is 32.0. The molecule has 0 radical (unpaired) electrons. The number of ether oxygens (including phenoxy) is 3. The first kappa shape index (κ1) is 61.6. The molecule has 0 saturated carbocycles. The highest BCUT2D eigenvalue weighted by Gasteiger charge is 2.19. The third-order valence-electron chi connectivity index (χ3n) is 11.4. The van der Waals surface area contributed by atoms with Gasteiger partial charge in [0, 0.05) is 19.3 Å². The van der Waals surface area contributed by atoms with Gasteiger partial charge in [0.05, 0.1) is 0 Å². The van der Waals surface area contributed by atoms with Crippen molar-refractivity contribution in [2.45, 2.75) is 258 Å². The highest BCUT2D eigenvalue weighted by Crippen LogP contribution is 2.15. The van der Waals surface area contributed by atoms with Gasteiger partial charge in [-0.05, 0) is 96.3 Å². The molecule has 0 fully saturated rings. The van der Waals surface area contributed by atoms with Gasteiger partial charge in [-0.15, -0.1) is 0 Å². The largest absolute Gasteiger partial charge is 0.462 e. The molecule has 0 heterocycles. The fourth-order valence-electron chi connectivity index (χ4n) is 7.32. The molecule has 0 N–H and O–H groups in total. The molecule has 0 aromatic carbocycles. The van der Waals surface area contributed by atoms with Gasteiger partial charge >= 0.3 is 17.9 Å². The summed E-state index contributed by atoms with van der Waals surface area (Å²) < 4.78 is 16.8. The third kappa shape index (κ3) is 51.4. The lowest BCUT2D eigenvalue weighted by Crippen LogP contribution is -2.30. The van der Waals surface area contributed by atoms with Crippen molar-refractivity contribution in [2.75, 3.05) is 13.2 Å². The van der Waals surface area contributed by atoms with Gasteiger partial charge in [-0.1, -0.05) is 221 Å². The standard InChI is InChI=1S/C59H100O6/c1-4-7-10-13-16-19-22-25-27-28-29-30-32-34-37-40-43-46-49-52-58(61)64-55-56(54-63-57(60)51-48-45-42-39-36-33-24-21-18-15-12-9-6-3)65-59(62)53-50-47-44-41-38-35-31-26-23-20-17-14-11-8-5-2/h7,10,16-17,19-20,25-27,29-31,34,37,56H,4-6,8-9,11-15,18,21-24,28,32-33,35-36,38-55H2,1-3H3/b10-7+,19-16+,20-17+,27-25+,30-29+,31-26+,37-34+/t56-/m1/s1. The van der Waals surface area contributed by atoms with E-state index < -0.39 is 6.10 Å². The van der Waals surface area contributed by atoms with Crippen molar-refractivity contribution in [3.8, 4) is 0 Å². The molecular weight excluding hydrogens is 805 g/mol. The van der Waals surface area contributed by atoms with Crippen LogP contribution in [0.15, 0.2) is 85.1 Å². The zero-order chi connectivity index (χ0) is 47.2. The second-order valence-corrected chi connectivity index (χ2v) is 17.8. The minimum Gasteiger partial charge on any atom is -0.462 e. The van der Waals surface area contributed by atoms with Crippen LogP contribution in [0, 0.1) is 0 Å². The predicted molar refractivity (Wildman–Crippen MR) is 279 cm³/mol. The fraction of sp³-hybridized carbons (Fsp3) is 0.712. The van der Waals surface area contributed by atoms with Gasteiger partial charge in [0.15, 0.2) is 6.10 Å². The Kier molecular flexibility index (Phi) is 50.4. The first-order valence-electron chi connectivity index (χ1n) is 27.1. The number of hydrogen-bond acceptors (Lipinski definition) is 6. The van der Waals surface area contributed by atoms with E-state index in [0.717, 1.165) is 122 Å². The average molecular weight is 905 g/mol. The molecular formula is C59H100O6. The molecule has 0 aliphatic carbocycles. The first-order valence-corrected chi connectivity index (χ1v) is 27.1. The summed E-state index contributed by atoms with van der Waals surface area (Å²) in [6.45, 7) is 6.46. The molecule has 0 amide bonds. The Morgan fingerprint density at radius 1 is 0.323 bits per heavy atom. The second kappa shape index (κ2) is 53.2. The van der Waals surface area contributed by atoms with Crippen LogP contribution in [-0.4, -0.2) is 37.2 Å². The van der Waals surface area contributed by atoms with E-state index in [0.29, 0.717) is 19.3 Å². The molecule has 0 rings (SSSR count). The average Bonchev–Trinajstić information content (AvgIpc) is 3.30. The highest BCUT2D eigenvalue weighted by molar-refractivity contribution is 5.71. The third-order valence-corrected chi connectivity index (χ3v) is 11.4. The van der Waals surface area contributed by atoms with Crippen LogP contribution in [0.2, 0.25) is 0 Å². The number of unbranched alkanes of at least 4 members (excludes halogenated alkanes) is 23. The lowest BCUT2D eigenvalue weighted by Gasteiger charge is -2.18. The van der Waals surface area contributed by atoms with Gasteiger partial charge in [0.1, 0.15) is 13.2 Å². The molecule has 372 valence electrons. The van der Waals surface area contributed by atoms with Gasteiger partial charge in [-0.2, -0.15) is 0 Å². The van der Waals surface area contributed by atoms with Crippen LogP contribution in [0.25, 0.3) is 0 Å². The number of carbonyl (C=O) groups is 3. The van der Waals surface area contributed by atoms with Crippen molar-refractivity contribution in [3.05, 3.63) is 85.1 Å². The number of rotatable bonds is 48. The maximum absolute atomic E-state index is 12.8. The molecule has 6 heteroatoms. The Balaban J connectivity index is 4.46.